The summed E-state index contributed by atoms with van der Waals surface area (Å²) in [5, 5.41) is 2.07. The molecule has 6 heteroatoms. The second kappa shape index (κ2) is 5.92. The number of benzene rings is 2. The van der Waals surface area contributed by atoms with Crippen LogP contribution in [0.1, 0.15) is 21.5 Å². The highest BCUT2D eigenvalue weighted by Crippen LogP contribution is 2.38. The van der Waals surface area contributed by atoms with Crippen LogP contribution in [0, 0.1) is 0 Å². The highest BCUT2D eigenvalue weighted by atomic mass is 28.4. The van der Waals surface area contributed by atoms with E-state index in [4.69, 9.17) is 14.6 Å². The molecular formula is C21H25NO3Si2. The van der Waals surface area contributed by atoms with Crippen molar-refractivity contribution in [2.24, 2.45) is 5.73 Å². The molecule has 0 saturated carbocycles. The van der Waals surface area contributed by atoms with Crippen molar-refractivity contribution in [2.45, 2.75) is 32.6 Å². The molecule has 0 atom stereocenters. The van der Waals surface area contributed by atoms with Crippen molar-refractivity contribution >= 4 is 39.0 Å². The zero-order valence-corrected chi connectivity index (χ0v) is 18.5. The van der Waals surface area contributed by atoms with Crippen molar-refractivity contribution in [2.75, 3.05) is 7.11 Å². The summed E-state index contributed by atoms with van der Waals surface area (Å²) in [5.74, 6) is 0.500. The maximum atomic E-state index is 12.5. The van der Waals surface area contributed by atoms with Gasteiger partial charge >= 0.3 is 0 Å². The lowest BCUT2D eigenvalue weighted by Gasteiger charge is -2.43. The second-order valence-corrected chi connectivity index (χ2v) is 16.1. The van der Waals surface area contributed by atoms with E-state index < -0.39 is 22.5 Å². The normalized spacial score (nSPS) is 18.3. The summed E-state index contributed by atoms with van der Waals surface area (Å²) in [6.07, 6.45) is 5.21. The minimum absolute atomic E-state index is 0.397. The maximum absolute atomic E-state index is 12.5. The van der Waals surface area contributed by atoms with Crippen LogP contribution in [0.5, 0.6) is 5.75 Å². The minimum Gasteiger partial charge on any atom is -0.497 e. The largest absolute Gasteiger partial charge is 0.497 e. The quantitative estimate of drug-likeness (QED) is 0.813. The number of carbonyl (C=O) groups is 1. The van der Waals surface area contributed by atoms with Gasteiger partial charge in [-0.05, 0) is 55.4 Å². The van der Waals surface area contributed by atoms with Gasteiger partial charge in [0.15, 0.2) is 0 Å². The van der Waals surface area contributed by atoms with Crippen LogP contribution >= 0.6 is 0 Å². The van der Waals surface area contributed by atoms with Gasteiger partial charge in [-0.3, -0.25) is 4.79 Å². The Bertz CT molecular complexity index is 1010. The first-order valence-corrected chi connectivity index (χ1v) is 15.0. The van der Waals surface area contributed by atoms with Crippen LogP contribution in [0.4, 0.5) is 0 Å². The van der Waals surface area contributed by atoms with Crippen LogP contribution in [0.15, 0.2) is 30.3 Å². The zero-order chi connectivity index (χ0) is 19.6. The molecule has 4 rings (SSSR count). The number of amides is 1. The number of nitrogens with two attached hydrogens (primary N) is 1. The van der Waals surface area contributed by atoms with E-state index in [0.717, 1.165) is 39.2 Å². The Balaban J connectivity index is 2.18. The van der Waals surface area contributed by atoms with E-state index in [1.165, 1.54) is 5.56 Å². The fourth-order valence-electron chi connectivity index (χ4n) is 4.63. The third-order valence-corrected chi connectivity index (χ3v) is 13.0. The number of carbonyl (C=O) groups excluding carboxylic acids is 1. The monoisotopic (exact) mass is 395 g/mol. The fourth-order valence-corrected chi connectivity index (χ4v) is 13.6. The van der Waals surface area contributed by atoms with Crippen LogP contribution in [-0.2, 0) is 10.5 Å². The molecule has 0 fully saturated rings. The van der Waals surface area contributed by atoms with Crippen LogP contribution in [-0.4, -0.2) is 29.7 Å². The average Bonchev–Trinajstić information content (AvgIpc) is 3.06. The first-order valence-electron chi connectivity index (χ1n) is 9.22. The van der Waals surface area contributed by atoms with Gasteiger partial charge < -0.3 is 14.6 Å². The topological polar surface area (TPSA) is 61.5 Å². The van der Waals surface area contributed by atoms with E-state index in [1.54, 1.807) is 7.11 Å². The lowest BCUT2D eigenvalue weighted by Crippen LogP contribution is -2.64. The molecule has 2 aliphatic rings. The molecule has 1 amide bonds. The zero-order valence-electron chi connectivity index (χ0n) is 16.5. The van der Waals surface area contributed by atoms with Gasteiger partial charge in [0.25, 0.3) is 0 Å². The molecule has 1 aliphatic carbocycles. The molecule has 0 radical (unpaired) electrons. The third-order valence-electron chi connectivity index (χ3n) is 5.60. The van der Waals surface area contributed by atoms with Gasteiger partial charge in [0.2, 0.25) is 22.5 Å². The van der Waals surface area contributed by atoms with Crippen molar-refractivity contribution in [3.8, 4) is 16.9 Å². The Morgan fingerprint density at radius 1 is 1.19 bits per heavy atom. The summed E-state index contributed by atoms with van der Waals surface area (Å²) < 4.78 is 12.7. The van der Waals surface area contributed by atoms with Crippen molar-refractivity contribution in [3.63, 3.8) is 0 Å². The van der Waals surface area contributed by atoms with Gasteiger partial charge in [-0.2, -0.15) is 0 Å². The van der Waals surface area contributed by atoms with Crippen LogP contribution < -0.4 is 20.8 Å². The summed E-state index contributed by atoms with van der Waals surface area (Å²) in [4.78, 5) is 12.5. The molecule has 2 aromatic rings. The highest BCUT2D eigenvalue weighted by molar-refractivity contribution is 7.01. The van der Waals surface area contributed by atoms with Crippen LogP contribution in [0.2, 0.25) is 26.2 Å². The SMILES string of the molecule is COc1c2cc(C(N)=O)c(-c3cccc4c3C=CC4)c1[Si](C)(C)O[Si]2(C)C. The number of rotatable bonds is 3. The van der Waals surface area contributed by atoms with Crippen molar-refractivity contribution in [3.05, 3.63) is 47.0 Å². The molecule has 27 heavy (non-hydrogen) atoms. The smallest absolute Gasteiger partial charge is 0.249 e. The van der Waals surface area contributed by atoms with Crippen LogP contribution in [0.3, 0.4) is 0 Å². The minimum atomic E-state index is -2.31. The molecule has 1 heterocycles. The van der Waals surface area contributed by atoms with Gasteiger partial charge in [-0.15, -0.1) is 0 Å². The Kier molecular flexibility index (Phi) is 3.99. The average molecular weight is 396 g/mol. The van der Waals surface area contributed by atoms with E-state index in [9.17, 15) is 4.79 Å². The molecular weight excluding hydrogens is 370 g/mol. The first-order chi connectivity index (χ1) is 12.7. The molecule has 0 aromatic heterocycles. The van der Waals surface area contributed by atoms with Gasteiger partial charge in [0, 0.05) is 21.5 Å². The maximum Gasteiger partial charge on any atom is 0.249 e. The standard InChI is InChI=1S/C21H25NO3Si2/c1-24-19-17-12-16(21(22)23)18(20(19)27(4,5)25-26(17,2)3)15-11-7-9-13-8-6-10-14(13)15/h6-7,9-12H,8H2,1-5H3,(H2,22,23). The Morgan fingerprint density at radius 2 is 1.93 bits per heavy atom. The summed E-state index contributed by atoms with van der Waals surface area (Å²) in [5.41, 5.74) is 10.8. The summed E-state index contributed by atoms with van der Waals surface area (Å²) in [6.45, 7) is 8.71. The van der Waals surface area contributed by atoms with E-state index >= 15 is 0 Å². The molecule has 140 valence electrons. The number of allylic oxidation sites excluding steroid dienone is 1. The fraction of sp³-hybridized carbons (Fsp3) is 0.286. The van der Waals surface area contributed by atoms with Crippen molar-refractivity contribution < 1.29 is 13.6 Å². The lowest BCUT2D eigenvalue weighted by molar-refractivity contribution is 0.100. The number of primary amides is 1. The molecule has 0 unspecified atom stereocenters. The molecule has 2 bridgehead atoms. The van der Waals surface area contributed by atoms with Gasteiger partial charge in [0.05, 0.1) is 7.11 Å². The van der Waals surface area contributed by atoms with E-state index in [0.29, 0.717) is 5.56 Å². The predicted molar refractivity (Wildman–Crippen MR) is 115 cm³/mol. The summed E-state index contributed by atoms with van der Waals surface area (Å²) in [7, 11) is -2.78. The number of hydrogen-bond acceptors (Lipinski definition) is 3. The lowest BCUT2D eigenvalue weighted by atomic mass is 9.93. The van der Waals surface area contributed by atoms with E-state index in [2.05, 4.69) is 56.5 Å². The van der Waals surface area contributed by atoms with Gasteiger partial charge in [-0.1, -0.05) is 30.4 Å². The van der Waals surface area contributed by atoms with Crippen LogP contribution in [0.25, 0.3) is 17.2 Å². The number of hydrogen-bond donors (Lipinski definition) is 1. The summed E-state index contributed by atoms with van der Waals surface area (Å²) >= 11 is 0. The second-order valence-electron chi connectivity index (χ2n) is 8.23. The van der Waals surface area contributed by atoms with Gasteiger partial charge in [0.1, 0.15) is 5.75 Å². The number of methoxy groups -OCH3 is 1. The first kappa shape index (κ1) is 18.2. The van der Waals surface area contributed by atoms with Gasteiger partial charge in [-0.25, -0.2) is 0 Å². The highest BCUT2D eigenvalue weighted by Gasteiger charge is 2.48. The number of ether oxygens (including phenoxy) is 1. The van der Waals surface area contributed by atoms with E-state index in [1.807, 2.05) is 6.07 Å². The molecule has 0 saturated heterocycles. The molecule has 1 aliphatic heterocycles. The van der Waals surface area contributed by atoms with Crippen molar-refractivity contribution in [1.29, 1.82) is 0 Å². The predicted octanol–water partition coefficient (Wildman–Crippen LogP) is 2.88. The molecule has 4 nitrogen and oxygen atoms in total. The molecule has 2 aromatic carbocycles. The Hall–Kier alpha value is -2.16. The Labute approximate surface area is 162 Å². The molecule has 2 N–H and O–H groups in total. The Morgan fingerprint density at radius 3 is 2.59 bits per heavy atom. The van der Waals surface area contributed by atoms with Crippen molar-refractivity contribution in [1.82, 2.24) is 0 Å². The summed E-state index contributed by atoms with van der Waals surface area (Å²) in [6, 6.07) is 8.19. The number of fused-ring (bicyclic) bond motifs is 3. The molecule has 0 spiro atoms. The third kappa shape index (κ3) is 2.62. The van der Waals surface area contributed by atoms with E-state index in [-0.39, 0.29) is 0 Å².